The van der Waals surface area contributed by atoms with Gasteiger partial charge in [-0.25, -0.2) is 4.79 Å². The van der Waals surface area contributed by atoms with Crippen LogP contribution in [0.2, 0.25) is 0 Å². The van der Waals surface area contributed by atoms with Gasteiger partial charge in [-0.1, -0.05) is 30.3 Å². The van der Waals surface area contributed by atoms with Gasteiger partial charge in [-0.05, 0) is 42.7 Å². The molecule has 0 aliphatic heterocycles. The molecule has 0 fully saturated rings. The van der Waals surface area contributed by atoms with Crippen molar-refractivity contribution in [2.75, 3.05) is 20.2 Å². The molecule has 0 aliphatic rings. The Kier molecular flexibility index (Phi) is 7.14. The molecule has 0 spiro atoms. The van der Waals surface area contributed by atoms with Crippen LogP contribution in [0.3, 0.4) is 0 Å². The number of nitrogens with zero attached hydrogens (tertiary/aromatic N) is 1. The van der Waals surface area contributed by atoms with Gasteiger partial charge in [0.1, 0.15) is 5.75 Å². The van der Waals surface area contributed by atoms with Crippen LogP contribution in [-0.4, -0.2) is 48.0 Å². The molecule has 0 radical (unpaired) electrons. The highest BCUT2D eigenvalue weighted by atomic mass is 16.5. The standard InChI is InChI=1S/C21H24N2O5/c1-14-9-17(10-15(2)20(14)28-13-19(25)26)21(27)22-11-18(24)23(3)12-16-7-5-4-6-8-16/h4-10H,11-13H2,1-3H3,(H,22,27)(H,25,26). The molecule has 28 heavy (non-hydrogen) atoms. The van der Waals surface area contributed by atoms with E-state index in [4.69, 9.17) is 9.84 Å². The van der Waals surface area contributed by atoms with Crippen molar-refractivity contribution < 1.29 is 24.2 Å². The fourth-order valence-electron chi connectivity index (χ4n) is 2.78. The van der Waals surface area contributed by atoms with Gasteiger partial charge < -0.3 is 20.1 Å². The minimum Gasteiger partial charge on any atom is -0.481 e. The number of carbonyl (C=O) groups excluding carboxylic acids is 2. The number of likely N-dealkylation sites (N-methyl/N-ethyl adjacent to an activating group) is 1. The third-order valence-corrected chi connectivity index (χ3v) is 4.15. The molecule has 0 saturated heterocycles. The van der Waals surface area contributed by atoms with E-state index < -0.39 is 12.6 Å². The summed E-state index contributed by atoms with van der Waals surface area (Å²) in [6, 6.07) is 12.8. The molecular formula is C21H24N2O5. The first-order chi connectivity index (χ1) is 13.3. The molecular weight excluding hydrogens is 360 g/mol. The highest BCUT2D eigenvalue weighted by Crippen LogP contribution is 2.24. The zero-order valence-electron chi connectivity index (χ0n) is 16.2. The summed E-state index contributed by atoms with van der Waals surface area (Å²) in [5.41, 5.74) is 2.70. The highest BCUT2D eigenvalue weighted by Gasteiger charge is 2.15. The minimum atomic E-state index is -1.07. The number of hydrogen-bond acceptors (Lipinski definition) is 4. The van der Waals surface area contributed by atoms with Crippen molar-refractivity contribution in [3.63, 3.8) is 0 Å². The summed E-state index contributed by atoms with van der Waals surface area (Å²) in [5, 5.41) is 11.4. The Morgan fingerprint density at radius 2 is 1.68 bits per heavy atom. The first kappa shape index (κ1) is 21.0. The summed E-state index contributed by atoms with van der Waals surface area (Å²) in [6.45, 7) is 3.37. The van der Waals surface area contributed by atoms with Crippen LogP contribution in [0.15, 0.2) is 42.5 Å². The second kappa shape index (κ2) is 9.55. The second-order valence-electron chi connectivity index (χ2n) is 6.54. The third-order valence-electron chi connectivity index (χ3n) is 4.15. The number of ether oxygens (including phenoxy) is 1. The number of nitrogens with one attached hydrogen (secondary N) is 1. The van der Waals surface area contributed by atoms with E-state index >= 15 is 0 Å². The number of carboxylic acid groups (broad SMARTS) is 1. The van der Waals surface area contributed by atoms with Gasteiger partial charge in [0, 0.05) is 19.2 Å². The van der Waals surface area contributed by atoms with Crippen LogP contribution >= 0.6 is 0 Å². The van der Waals surface area contributed by atoms with Crippen LogP contribution < -0.4 is 10.1 Å². The molecule has 7 heteroatoms. The van der Waals surface area contributed by atoms with Gasteiger partial charge in [-0.15, -0.1) is 0 Å². The Morgan fingerprint density at radius 1 is 1.07 bits per heavy atom. The third kappa shape index (κ3) is 5.84. The fourth-order valence-corrected chi connectivity index (χ4v) is 2.78. The largest absolute Gasteiger partial charge is 0.481 e. The molecule has 2 amide bonds. The number of benzene rings is 2. The summed E-state index contributed by atoms with van der Waals surface area (Å²) in [6.07, 6.45) is 0. The predicted octanol–water partition coefficient (Wildman–Crippen LogP) is 2.16. The molecule has 2 N–H and O–H groups in total. The Bertz CT molecular complexity index is 841. The molecule has 7 nitrogen and oxygen atoms in total. The van der Waals surface area contributed by atoms with E-state index in [0.717, 1.165) is 5.56 Å². The molecule has 0 atom stereocenters. The molecule has 0 aliphatic carbocycles. The van der Waals surface area contributed by atoms with Crippen molar-refractivity contribution in [1.29, 1.82) is 0 Å². The number of hydrogen-bond donors (Lipinski definition) is 2. The predicted molar refractivity (Wildman–Crippen MR) is 104 cm³/mol. The van der Waals surface area contributed by atoms with Crippen LogP contribution in [0.25, 0.3) is 0 Å². The average Bonchev–Trinajstić information content (AvgIpc) is 2.65. The number of aryl methyl sites for hydroxylation is 2. The first-order valence-corrected chi connectivity index (χ1v) is 8.80. The van der Waals surface area contributed by atoms with Gasteiger partial charge in [-0.3, -0.25) is 9.59 Å². The monoisotopic (exact) mass is 384 g/mol. The van der Waals surface area contributed by atoms with E-state index in [2.05, 4.69) is 5.32 Å². The quantitative estimate of drug-likeness (QED) is 0.727. The van der Waals surface area contributed by atoms with E-state index in [9.17, 15) is 14.4 Å². The summed E-state index contributed by atoms with van der Waals surface area (Å²) in [4.78, 5) is 36.9. The minimum absolute atomic E-state index is 0.114. The lowest BCUT2D eigenvalue weighted by molar-refractivity contribution is -0.139. The molecule has 0 unspecified atom stereocenters. The topological polar surface area (TPSA) is 95.9 Å². The van der Waals surface area contributed by atoms with E-state index in [1.165, 1.54) is 0 Å². The lowest BCUT2D eigenvalue weighted by atomic mass is 10.1. The number of rotatable bonds is 8. The van der Waals surface area contributed by atoms with Crippen LogP contribution in [0.5, 0.6) is 5.75 Å². The van der Waals surface area contributed by atoms with Gasteiger partial charge in [-0.2, -0.15) is 0 Å². The van der Waals surface area contributed by atoms with Crippen LogP contribution in [0.1, 0.15) is 27.0 Å². The van der Waals surface area contributed by atoms with Crippen molar-refractivity contribution >= 4 is 17.8 Å². The van der Waals surface area contributed by atoms with E-state index in [0.29, 0.717) is 29.0 Å². The number of amides is 2. The zero-order chi connectivity index (χ0) is 20.7. The summed E-state index contributed by atoms with van der Waals surface area (Å²) < 4.78 is 5.26. The maximum atomic E-state index is 12.4. The molecule has 0 aromatic heterocycles. The van der Waals surface area contributed by atoms with E-state index in [1.54, 1.807) is 37.9 Å². The number of carboxylic acids is 1. The summed E-state index contributed by atoms with van der Waals surface area (Å²) in [5.74, 6) is -1.21. The maximum absolute atomic E-state index is 12.4. The second-order valence-corrected chi connectivity index (χ2v) is 6.54. The Morgan fingerprint density at radius 3 is 2.25 bits per heavy atom. The highest BCUT2D eigenvalue weighted by molar-refractivity contribution is 5.97. The summed E-state index contributed by atoms with van der Waals surface area (Å²) >= 11 is 0. The zero-order valence-corrected chi connectivity index (χ0v) is 16.2. The van der Waals surface area contributed by atoms with Crippen molar-refractivity contribution in [3.8, 4) is 5.75 Å². The fraction of sp³-hybridized carbons (Fsp3) is 0.286. The molecule has 0 saturated carbocycles. The lowest BCUT2D eigenvalue weighted by Gasteiger charge is -2.18. The van der Waals surface area contributed by atoms with E-state index in [-0.39, 0.29) is 18.4 Å². The van der Waals surface area contributed by atoms with Gasteiger partial charge in [0.15, 0.2) is 6.61 Å². The van der Waals surface area contributed by atoms with Gasteiger partial charge >= 0.3 is 5.97 Å². The number of carbonyl (C=O) groups is 3. The molecule has 148 valence electrons. The van der Waals surface area contributed by atoms with Crippen LogP contribution in [0, 0.1) is 13.8 Å². The Balaban J connectivity index is 1.95. The molecule has 2 aromatic rings. The van der Waals surface area contributed by atoms with Gasteiger partial charge in [0.05, 0.1) is 6.54 Å². The lowest BCUT2D eigenvalue weighted by Crippen LogP contribution is -2.37. The maximum Gasteiger partial charge on any atom is 0.341 e. The SMILES string of the molecule is Cc1cc(C(=O)NCC(=O)N(C)Cc2ccccc2)cc(C)c1OCC(=O)O. The van der Waals surface area contributed by atoms with Crippen molar-refractivity contribution in [2.24, 2.45) is 0 Å². The van der Waals surface area contributed by atoms with Crippen LogP contribution in [0.4, 0.5) is 0 Å². The first-order valence-electron chi connectivity index (χ1n) is 8.80. The number of aliphatic carboxylic acids is 1. The van der Waals surface area contributed by atoms with Crippen molar-refractivity contribution in [2.45, 2.75) is 20.4 Å². The van der Waals surface area contributed by atoms with E-state index in [1.807, 2.05) is 30.3 Å². The average molecular weight is 384 g/mol. The van der Waals surface area contributed by atoms with Crippen molar-refractivity contribution in [1.82, 2.24) is 10.2 Å². The Labute approximate surface area is 163 Å². The normalized spacial score (nSPS) is 10.2. The Hall–Kier alpha value is -3.35. The molecule has 2 rings (SSSR count). The smallest absolute Gasteiger partial charge is 0.341 e. The van der Waals surface area contributed by atoms with Crippen molar-refractivity contribution in [3.05, 3.63) is 64.7 Å². The van der Waals surface area contributed by atoms with Gasteiger partial charge in [0.2, 0.25) is 5.91 Å². The molecule has 0 heterocycles. The van der Waals surface area contributed by atoms with Crippen LogP contribution in [-0.2, 0) is 16.1 Å². The molecule has 0 bridgehead atoms. The molecule has 2 aromatic carbocycles. The summed E-state index contributed by atoms with van der Waals surface area (Å²) in [7, 11) is 1.68. The van der Waals surface area contributed by atoms with Gasteiger partial charge in [0.25, 0.3) is 5.91 Å².